The van der Waals surface area contributed by atoms with Crippen molar-refractivity contribution in [2.24, 2.45) is 0 Å². The molecule has 0 saturated heterocycles. The van der Waals surface area contributed by atoms with Gasteiger partial charge in [0, 0.05) is 5.56 Å². The number of nitrogens with one attached hydrogen (secondary N) is 3. The van der Waals surface area contributed by atoms with Gasteiger partial charge in [0.15, 0.2) is 0 Å². The fourth-order valence-electron chi connectivity index (χ4n) is 2.67. The Bertz CT molecular complexity index is 963. The van der Waals surface area contributed by atoms with E-state index in [4.69, 9.17) is 0 Å². The van der Waals surface area contributed by atoms with Crippen LogP contribution in [0, 0.1) is 6.92 Å². The van der Waals surface area contributed by atoms with Crippen molar-refractivity contribution in [2.45, 2.75) is 26.1 Å². The quantitative estimate of drug-likeness (QED) is 0.608. The van der Waals surface area contributed by atoms with Crippen LogP contribution < -0.4 is 16.2 Å². The van der Waals surface area contributed by atoms with Crippen LogP contribution in [0.4, 0.5) is 18.9 Å². The van der Waals surface area contributed by atoms with Gasteiger partial charge in [-0.3, -0.25) is 30.1 Å². The molecule has 0 saturated carbocycles. The number of anilines is 1. The summed E-state index contributed by atoms with van der Waals surface area (Å²) in [5.74, 6) is -1.82. The van der Waals surface area contributed by atoms with E-state index < -0.39 is 35.5 Å². The topological polar surface area (TPSA) is 90.5 Å². The molecule has 0 aliphatic rings. The SMILES string of the molecule is Cc1cccc(C(=O)NNC(=O)[C@@H](C)N(C)CC(=O)Nc2ccccc2C(F)(F)F)c1. The Morgan fingerprint density at radius 3 is 2.35 bits per heavy atom. The van der Waals surface area contributed by atoms with Crippen LogP contribution in [-0.4, -0.2) is 42.3 Å². The summed E-state index contributed by atoms with van der Waals surface area (Å²) in [6, 6.07) is 10.5. The van der Waals surface area contributed by atoms with Crippen molar-refractivity contribution in [3.63, 3.8) is 0 Å². The van der Waals surface area contributed by atoms with Crippen LogP contribution in [-0.2, 0) is 15.8 Å². The summed E-state index contributed by atoms with van der Waals surface area (Å²) in [6.07, 6.45) is -4.61. The molecule has 0 heterocycles. The Hall–Kier alpha value is -3.40. The van der Waals surface area contributed by atoms with Gasteiger partial charge in [-0.25, -0.2) is 0 Å². The van der Waals surface area contributed by atoms with Crippen LogP contribution in [0.2, 0.25) is 0 Å². The monoisotopic (exact) mass is 436 g/mol. The summed E-state index contributed by atoms with van der Waals surface area (Å²) in [7, 11) is 1.46. The zero-order chi connectivity index (χ0) is 23.2. The number of para-hydroxylation sites is 1. The zero-order valence-electron chi connectivity index (χ0n) is 17.2. The molecule has 0 bridgehead atoms. The molecule has 3 N–H and O–H groups in total. The fraction of sp³-hybridized carbons (Fsp3) is 0.286. The first-order valence-corrected chi connectivity index (χ1v) is 9.32. The number of aryl methyl sites for hydroxylation is 1. The van der Waals surface area contributed by atoms with E-state index in [1.165, 1.54) is 31.0 Å². The van der Waals surface area contributed by atoms with E-state index in [1.54, 1.807) is 18.2 Å². The molecule has 0 aliphatic carbocycles. The highest BCUT2D eigenvalue weighted by atomic mass is 19.4. The number of rotatable bonds is 6. The van der Waals surface area contributed by atoms with Crippen molar-refractivity contribution >= 4 is 23.4 Å². The summed E-state index contributed by atoms with van der Waals surface area (Å²) >= 11 is 0. The number of likely N-dealkylation sites (N-methyl/N-ethyl adjacent to an activating group) is 1. The average molecular weight is 436 g/mol. The first-order chi connectivity index (χ1) is 14.5. The highest BCUT2D eigenvalue weighted by Gasteiger charge is 2.33. The lowest BCUT2D eigenvalue weighted by molar-refractivity contribution is -0.137. The number of benzene rings is 2. The van der Waals surface area contributed by atoms with Gasteiger partial charge in [-0.05, 0) is 45.2 Å². The highest BCUT2D eigenvalue weighted by Crippen LogP contribution is 2.34. The molecule has 0 fully saturated rings. The third-order valence-electron chi connectivity index (χ3n) is 4.52. The Kier molecular flexibility index (Phi) is 7.76. The molecule has 0 aliphatic heterocycles. The molecule has 1 atom stereocenters. The first kappa shape index (κ1) is 23.9. The van der Waals surface area contributed by atoms with Crippen LogP contribution in [0.25, 0.3) is 0 Å². The summed E-state index contributed by atoms with van der Waals surface area (Å²) < 4.78 is 39.1. The van der Waals surface area contributed by atoms with E-state index in [0.717, 1.165) is 17.7 Å². The molecular formula is C21H23F3N4O3. The number of alkyl halides is 3. The van der Waals surface area contributed by atoms with Gasteiger partial charge in [0.2, 0.25) is 5.91 Å². The van der Waals surface area contributed by atoms with Gasteiger partial charge in [0.05, 0.1) is 23.8 Å². The molecule has 166 valence electrons. The maximum Gasteiger partial charge on any atom is 0.418 e. The van der Waals surface area contributed by atoms with Gasteiger partial charge in [0.25, 0.3) is 11.8 Å². The van der Waals surface area contributed by atoms with E-state index in [0.29, 0.717) is 5.56 Å². The summed E-state index contributed by atoms with van der Waals surface area (Å²) in [5, 5.41) is 2.22. The lowest BCUT2D eigenvalue weighted by Crippen LogP contribution is -2.51. The second-order valence-corrected chi connectivity index (χ2v) is 7.00. The first-order valence-electron chi connectivity index (χ1n) is 9.32. The Morgan fingerprint density at radius 2 is 1.71 bits per heavy atom. The molecule has 0 unspecified atom stereocenters. The second kappa shape index (κ2) is 10.1. The van der Waals surface area contributed by atoms with Crippen molar-refractivity contribution in [1.82, 2.24) is 15.8 Å². The number of nitrogens with zero attached hydrogens (tertiary/aromatic N) is 1. The maximum absolute atomic E-state index is 13.0. The minimum absolute atomic E-state index is 0.341. The average Bonchev–Trinajstić information content (AvgIpc) is 2.70. The van der Waals surface area contributed by atoms with Gasteiger partial charge in [-0.1, -0.05) is 29.8 Å². The number of hydrogen-bond acceptors (Lipinski definition) is 4. The van der Waals surface area contributed by atoms with E-state index in [9.17, 15) is 27.6 Å². The fourth-order valence-corrected chi connectivity index (χ4v) is 2.67. The normalized spacial score (nSPS) is 12.2. The zero-order valence-corrected chi connectivity index (χ0v) is 17.2. The molecule has 0 aromatic heterocycles. The van der Waals surface area contributed by atoms with Gasteiger partial charge in [-0.2, -0.15) is 13.2 Å². The number of carbonyl (C=O) groups excluding carboxylic acids is 3. The molecule has 2 aromatic rings. The van der Waals surface area contributed by atoms with Gasteiger partial charge >= 0.3 is 6.18 Å². The van der Waals surface area contributed by atoms with Crippen molar-refractivity contribution in [2.75, 3.05) is 18.9 Å². The smallest absolute Gasteiger partial charge is 0.324 e. The van der Waals surface area contributed by atoms with E-state index in [2.05, 4.69) is 16.2 Å². The van der Waals surface area contributed by atoms with E-state index >= 15 is 0 Å². The number of hydrogen-bond donors (Lipinski definition) is 3. The molecule has 31 heavy (non-hydrogen) atoms. The van der Waals surface area contributed by atoms with E-state index in [-0.39, 0.29) is 12.2 Å². The summed E-state index contributed by atoms with van der Waals surface area (Å²) in [5.41, 5.74) is 4.48. The molecule has 3 amide bonds. The molecule has 7 nitrogen and oxygen atoms in total. The number of hydrazine groups is 1. The standard InChI is InChI=1S/C21H23F3N4O3/c1-13-7-6-8-15(11-13)20(31)27-26-19(30)14(2)28(3)12-18(29)25-17-10-5-4-9-16(17)21(22,23)24/h4-11,14H,12H2,1-3H3,(H,25,29)(H,26,30)(H,27,31)/t14-/m1/s1. The summed E-state index contributed by atoms with van der Waals surface area (Å²) in [4.78, 5) is 37.9. The van der Waals surface area contributed by atoms with Crippen LogP contribution in [0.3, 0.4) is 0 Å². The molecule has 2 rings (SSSR count). The maximum atomic E-state index is 13.0. The van der Waals surface area contributed by atoms with Crippen molar-refractivity contribution in [3.8, 4) is 0 Å². The van der Waals surface area contributed by atoms with Crippen molar-refractivity contribution < 1.29 is 27.6 Å². The number of amides is 3. The van der Waals surface area contributed by atoms with Crippen LogP contribution in [0.1, 0.15) is 28.4 Å². The Labute approximate surface area is 177 Å². The minimum Gasteiger partial charge on any atom is -0.324 e. The number of carbonyl (C=O) groups is 3. The third-order valence-corrected chi connectivity index (χ3v) is 4.52. The van der Waals surface area contributed by atoms with Gasteiger partial charge < -0.3 is 5.32 Å². The van der Waals surface area contributed by atoms with Crippen molar-refractivity contribution in [3.05, 3.63) is 65.2 Å². The van der Waals surface area contributed by atoms with Gasteiger partial charge in [-0.15, -0.1) is 0 Å². The lowest BCUT2D eigenvalue weighted by Gasteiger charge is -2.23. The Morgan fingerprint density at radius 1 is 1.03 bits per heavy atom. The summed E-state index contributed by atoms with van der Waals surface area (Å²) in [6.45, 7) is 2.97. The Balaban J connectivity index is 1.90. The predicted molar refractivity (Wildman–Crippen MR) is 109 cm³/mol. The lowest BCUT2D eigenvalue weighted by atomic mass is 10.1. The molecule has 10 heteroatoms. The van der Waals surface area contributed by atoms with Crippen molar-refractivity contribution in [1.29, 1.82) is 0 Å². The highest BCUT2D eigenvalue weighted by molar-refractivity contribution is 5.96. The molecule has 0 spiro atoms. The van der Waals surface area contributed by atoms with Crippen LogP contribution in [0.5, 0.6) is 0 Å². The van der Waals surface area contributed by atoms with Gasteiger partial charge in [0.1, 0.15) is 0 Å². The second-order valence-electron chi connectivity index (χ2n) is 7.00. The van der Waals surface area contributed by atoms with E-state index in [1.807, 2.05) is 13.0 Å². The molecular weight excluding hydrogens is 413 g/mol. The van der Waals surface area contributed by atoms with Crippen LogP contribution >= 0.6 is 0 Å². The minimum atomic E-state index is -4.61. The predicted octanol–water partition coefficient (Wildman–Crippen LogP) is 2.73. The molecule has 2 aromatic carbocycles. The van der Waals surface area contributed by atoms with Crippen LogP contribution in [0.15, 0.2) is 48.5 Å². The number of halogens is 3. The largest absolute Gasteiger partial charge is 0.418 e. The molecule has 0 radical (unpaired) electrons. The third kappa shape index (κ3) is 6.82.